The highest BCUT2D eigenvalue weighted by atomic mass is 32.1. The lowest BCUT2D eigenvalue weighted by Crippen LogP contribution is -2.33. The zero-order valence-electron chi connectivity index (χ0n) is 21.4. The van der Waals surface area contributed by atoms with Crippen molar-refractivity contribution in [3.8, 4) is 21.9 Å². The summed E-state index contributed by atoms with van der Waals surface area (Å²) in [5.74, 6) is 0.399. The third-order valence-corrected chi connectivity index (χ3v) is 8.00. The number of esters is 1. The van der Waals surface area contributed by atoms with Crippen LogP contribution in [0.5, 0.6) is 11.5 Å². The number of likely N-dealkylation sites (tertiary alicyclic amines) is 1. The molecule has 1 saturated heterocycles. The number of nitrogens with zero attached hydrogens (tertiary/aromatic N) is 1. The van der Waals surface area contributed by atoms with Crippen LogP contribution in [-0.4, -0.2) is 54.6 Å². The van der Waals surface area contributed by atoms with Crippen LogP contribution in [0, 0.1) is 0 Å². The Balaban J connectivity index is 1.42. The molecule has 0 unspecified atom stereocenters. The van der Waals surface area contributed by atoms with Gasteiger partial charge in [0.25, 0.3) is 0 Å². The first kappa shape index (κ1) is 25.9. The molecule has 1 aliphatic rings. The van der Waals surface area contributed by atoms with Gasteiger partial charge < -0.3 is 14.6 Å². The van der Waals surface area contributed by atoms with Crippen LogP contribution in [0.3, 0.4) is 0 Å². The molecule has 1 aromatic heterocycles. The molecular formula is C31H31NO5S. The SMILES string of the molecule is CCOC(=O)c1ccc2c(C(=O)c3ccc(OCCN4CCCCC4)cc3)c(-c3ccc(O)cc3)sc2c1. The topological polar surface area (TPSA) is 76.1 Å². The van der Waals surface area contributed by atoms with Crippen LogP contribution in [0.1, 0.15) is 52.5 Å². The van der Waals surface area contributed by atoms with Gasteiger partial charge in [0.2, 0.25) is 0 Å². The molecule has 1 fully saturated rings. The Bertz CT molecular complexity index is 1420. The molecule has 7 heteroatoms. The highest BCUT2D eigenvalue weighted by Crippen LogP contribution is 2.41. The van der Waals surface area contributed by atoms with Gasteiger partial charge >= 0.3 is 5.97 Å². The van der Waals surface area contributed by atoms with E-state index in [0.29, 0.717) is 29.9 Å². The van der Waals surface area contributed by atoms with Gasteiger partial charge in [-0.15, -0.1) is 11.3 Å². The van der Waals surface area contributed by atoms with Crippen LogP contribution in [0.15, 0.2) is 66.7 Å². The molecule has 196 valence electrons. The van der Waals surface area contributed by atoms with E-state index in [9.17, 15) is 14.7 Å². The van der Waals surface area contributed by atoms with E-state index >= 15 is 0 Å². The van der Waals surface area contributed by atoms with Crippen molar-refractivity contribution in [2.75, 3.05) is 32.8 Å². The van der Waals surface area contributed by atoms with Gasteiger partial charge in [-0.2, -0.15) is 0 Å². The van der Waals surface area contributed by atoms with Crippen molar-refractivity contribution in [2.45, 2.75) is 26.2 Å². The normalized spacial score (nSPS) is 13.9. The second kappa shape index (κ2) is 11.8. The minimum atomic E-state index is -0.391. The number of aromatic hydroxyl groups is 1. The van der Waals surface area contributed by atoms with Crippen LogP contribution in [-0.2, 0) is 4.74 Å². The van der Waals surface area contributed by atoms with Gasteiger partial charge in [0.15, 0.2) is 5.78 Å². The number of fused-ring (bicyclic) bond motifs is 1. The summed E-state index contributed by atoms with van der Waals surface area (Å²) < 4.78 is 11.9. The van der Waals surface area contributed by atoms with Crippen LogP contribution in [0.25, 0.3) is 20.5 Å². The number of carbonyl (C=O) groups excluding carboxylic acids is 2. The molecule has 2 heterocycles. The third-order valence-electron chi connectivity index (χ3n) is 6.80. The van der Waals surface area contributed by atoms with Crippen LogP contribution in [0.2, 0.25) is 0 Å². The lowest BCUT2D eigenvalue weighted by molar-refractivity contribution is 0.0526. The van der Waals surface area contributed by atoms with E-state index in [0.717, 1.165) is 45.9 Å². The summed E-state index contributed by atoms with van der Waals surface area (Å²) in [5.41, 5.74) is 2.40. The predicted octanol–water partition coefficient (Wildman–Crippen LogP) is 6.55. The zero-order valence-corrected chi connectivity index (χ0v) is 22.3. The smallest absolute Gasteiger partial charge is 0.338 e. The minimum absolute atomic E-state index is 0.108. The summed E-state index contributed by atoms with van der Waals surface area (Å²) >= 11 is 1.44. The molecule has 3 aromatic carbocycles. The van der Waals surface area contributed by atoms with E-state index in [1.54, 1.807) is 55.5 Å². The van der Waals surface area contributed by atoms with Crippen molar-refractivity contribution in [1.82, 2.24) is 4.90 Å². The van der Waals surface area contributed by atoms with Gasteiger partial charge in [0.1, 0.15) is 18.1 Å². The minimum Gasteiger partial charge on any atom is -0.508 e. The van der Waals surface area contributed by atoms with E-state index in [1.807, 2.05) is 18.2 Å². The Hall–Kier alpha value is -3.68. The first-order chi connectivity index (χ1) is 18.5. The molecule has 0 saturated carbocycles. The Morgan fingerprint density at radius 3 is 2.34 bits per heavy atom. The molecule has 0 amide bonds. The summed E-state index contributed by atoms with van der Waals surface area (Å²) in [5, 5.41) is 10.6. The number of ether oxygens (including phenoxy) is 2. The number of hydrogen-bond acceptors (Lipinski definition) is 7. The fourth-order valence-electron chi connectivity index (χ4n) is 4.80. The average molecular weight is 530 g/mol. The van der Waals surface area contributed by atoms with Crippen molar-refractivity contribution in [2.24, 2.45) is 0 Å². The van der Waals surface area contributed by atoms with Gasteiger partial charge in [0.05, 0.1) is 12.2 Å². The zero-order chi connectivity index (χ0) is 26.5. The second-order valence-electron chi connectivity index (χ2n) is 9.39. The molecule has 38 heavy (non-hydrogen) atoms. The summed E-state index contributed by atoms with van der Waals surface area (Å²) in [7, 11) is 0. The lowest BCUT2D eigenvalue weighted by atomic mass is 9.97. The van der Waals surface area contributed by atoms with Crippen molar-refractivity contribution in [3.05, 3.63) is 83.4 Å². The quantitative estimate of drug-likeness (QED) is 0.196. The van der Waals surface area contributed by atoms with Gasteiger partial charge in [-0.25, -0.2) is 4.79 Å². The maximum Gasteiger partial charge on any atom is 0.338 e. The number of phenolic OH excluding ortho intramolecular Hbond substituents is 1. The first-order valence-electron chi connectivity index (χ1n) is 13.1. The Labute approximate surface area is 226 Å². The molecule has 0 radical (unpaired) electrons. The Morgan fingerprint density at radius 1 is 0.921 bits per heavy atom. The molecule has 5 rings (SSSR count). The van der Waals surface area contributed by atoms with Crippen LogP contribution < -0.4 is 4.74 Å². The molecule has 4 aromatic rings. The number of rotatable bonds is 9. The molecule has 0 atom stereocenters. The molecule has 0 spiro atoms. The van der Waals surface area contributed by atoms with E-state index in [4.69, 9.17) is 9.47 Å². The Morgan fingerprint density at radius 2 is 1.63 bits per heavy atom. The predicted molar refractivity (Wildman–Crippen MR) is 151 cm³/mol. The summed E-state index contributed by atoms with van der Waals surface area (Å²) in [6.45, 7) is 5.86. The number of benzene rings is 3. The average Bonchev–Trinajstić information content (AvgIpc) is 3.33. The molecule has 0 bridgehead atoms. The van der Waals surface area contributed by atoms with E-state index in [2.05, 4.69) is 4.90 Å². The molecule has 1 aliphatic heterocycles. The van der Waals surface area contributed by atoms with Gasteiger partial charge in [-0.1, -0.05) is 12.5 Å². The van der Waals surface area contributed by atoms with Crippen LogP contribution in [0.4, 0.5) is 0 Å². The van der Waals surface area contributed by atoms with E-state index in [-0.39, 0.29) is 11.5 Å². The fraction of sp³-hybridized carbons (Fsp3) is 0.290. The monoisotopic (exact) mass is 529 g/mol. The standard InChI is InChI=1S/C31H31NO5S/c1-2-36-31(35)23-10-15-26-27(20-23)38-30(22-6-11-24(33)12-7-22)28(26)29(34)21-8-13-25(14-9-21)37-19-18-32-16-4-3-5-17-32/h6-15,20,33H,2-5,16-19H2,1H3. The number of carbonyl (C=O) groups is 2. The highest BCUT2D eigenvalue weighted by Gasteiger charge is 2.23. The number of phenols is 1. The molecule has 1 N–H and O–H groups in total. The van der Waals surface area contributed by atoms with Crippen molar-refractivity contribution < 1.29 is 24.2 Å². The molecule has 0 aliphatic carbocycles. The summed E-state index contributed by atoms with van der Waals surface area (Å²) in [6.07, 6.45) is 3.82. The van der Waals surface area contributed by atoms with E-state index in [1.165, 1.54) is 30.6 Å². The Kier molecular flexibility index (Phi) is 8.05. The second-order valence-corrected chi connectivity index (χ2v) is 10.4. The van der Waals surface area contributed by atoms with Crippen LogP contribution >= 0.6 is 11.3 Å². The van der Waals surface area contributed by atoms with Crippen molar-refractivity contribution in [3.63, 3.8) is 0 Å². The first-order valence-corrected chi connectivity index (χ1v) is 13.9. The molecule has 6 nitrogen and oxygen atoms in total. The summed E-state index contributed by atoms with van der Waals surface area (Å²) in [4.78, 5) is 29.4. The maximum absolute atomic E-state index is 13.9. The number of piperidine rings is 1. The fourth-order valence-corrected chi connectivity index (χ4v) is 6.05. The van der Waals surface area contributed by atoms with Crippen molar-refractivity contribution >= 4 is 33.2 Å². The van der Waals surface area contributed by atoms with Gasteiger partial charge in [0, 0.05) is 32.6 Å². The largest absolute Gasteiger partial charge is 0.508 e. The van der Waals surface area contributed by atoms with E-state index < -0.39 is 5.97 Å². The number of thiophene rings is 1. The molecular weight excluding hydrogens is 498 g/mol. The number of hydrogen-bond donors (Lipinski definition) is 1. The third kappa shape index (κ3) is 5.74. The maximum atomic E-state index is 13.9. The van der Waals surface area contributed by atoms with Gasteiger partial charge in [-0.05, 0) is 99.1 Å². The van der Waals surface area contributed by atoms with Gasteiger partial charge in [-0.3, -0.25) is 9.69 Å². The lowest BCUT2D eigenvalue weighted by Gasteiger charge is -2.26. The summed E-state index contributed by atoms with van der Waals surface area (Å²) in [6, 6.07) is 19.4. The highest BCUT2D eigenvalue weighted by molar-refractivity contribution is 7.22. The number of ketones is 1. The van der Waals surface area contributed by atoms with Crippen molar-refractivity contribution in [1.29, 1.82) is 0 Å².